The number of hydrogen-bond acceptors (Lipinski definition) is 7. The molecule has 1 aromatic carbocycles. The van der Waals surface area contributed by atoms with Crippen molar-refractivity contribution in [2.75, 3.05) is 13.2 Å². The molecule has 3 N–H and O–H groups in total. The molecule has 0 radical (unpaired) electrons. The first kappa shape index (κ1) is 29.4. The van der Waals surface area contributed by atoms with Gasteiger partial charge in [-0.05, 0) is 105 Å². The lowest BCUT2D eigenvalue weighted by Crippen LogP contribution is -2.53. The third-order valence-corrected chi connectivity index (χ3v) is 10.8. The number of allylic oxidation sites excluding steroid dienone is 4. The Kier molecular flexibility index (Phi) is 8.07. The van der Waals surface area contributed by atoms with E-state index in [0.29, 0.717) is 23.5 Å². The van der Waals surface area contributed by atoms with Crippen molar-refractivity contribution < 1.29 is 29.4 Å². The Bertz CT molecular complexity index is 1250. The molecular formula is C33H44N2O6. The highest BCUT2D eigenvalue weighted by Crippen LogP contribution is 2.66. The van der Waals surface area contributed by atoms with Gasteiger partial charge in [0.1, 0.15) is 17.5 Å². The summed E-state index contributed by atoms with van der Waals surface area (Å²) in [6, 6.07) is 5.59. The number of aromatic hydroxyl groups is 1. The number of oxime groups is 1. The molecular weight excluding hydrogens is 520 g/mol. The van der Waals surface area contributed by atoms with E-state index in [9.17, 15) is 19.8 Å². The first-order chi connectivity index (χ1) is 19.5. The van der Waals surface area contributed by atoms with Crippen molar-refractivity contribution in [3.63, 3.8) is 0 Å². The van der Waals surface area contributed by atoms with E-state index in [1.807, 2.05) is 13.0 Å². The van der Waals surface area contributed by atoms with Gasteiger partial charge >= 0.3 is 5.97 Å². The van der Waals surface area contributed by atoms with E-state index in [4.69, 9.17) is 9.57 Å². The zero-order valence-electron chi connectivity index (χ0n) is 24.7. The van der Waals surface area contributed by atoms with Crippen molar-refractivity contribution in [1.29, 1.82) is 0 Å². The molecule has 4 aliphatic rings. The number of rotatable bonds is 8. The number of aliphatic hydroxyl groups is 1. The largest absolute Gasteiger partial charge is 0.508 e. The van der Waals surface area contributed by atoms with E-state index >= 15 is 0 Å². The summed E-state index contributed by atoms with van der Waals surface area (Å²) in [6.07, 6.45) is 12.9. The number of nitrogens with one attached hydrogen (secondary N) is 1. The van der Waals surface area contributed by atoms with Gasteiger partial charge in [-0.15, -0.1) is 0 Å². The zero-order chi connectivity index (χ0) is 29.4. The van der Waals surface area contributed by atoms with Crippen molar-refractivity contribution >= 4 is 17.6 Å². The van der Waals surface area contributed by atoms with E-state index in [1.165, 1.54) is 17.7 Å². The molecule has 222 valence electrons. The maximum absolute atomic E-state index is 12.6. The first-order valence-corrected chi connectivity index (χ1v) is 15.0. The molecule has 0 bridgehead atoms. The number of fused-ring (bicyclic) bond motifs is 5. The topological polar surface area (TPSA) is 117 Å². The second kappa shape index (κ2) is 11.3. The summed E-state index contributed by atoms with van der Waals surface area (Å²) in [5, 5.41) is 27.6. The number of ether oxygens (including phenoxy) is 1. The fraction of sp³-hybridized carbons (Fsp3) is 0.606. The highest BCUT2D eigenvalue weighted by atomic mass is 16.6. The van der Waals surface area contributed by atoms with Crippen LogP contribution in [-0.2, 0) is 25.6 Å². The van der Waals surface area contributed by atoms with Gasteiger partial charge in [0, 0.05) is 11.8 Å². The average Bonchev–Trinajstić information content (AvgIpc) is 3.18. The predicted octanol–water partition coefficient (Wildman–Crippen LogP) is 4.85. The van der Waals surface area contributed by atoms with Crippen LogP contribution in [0.2, 0.25) is 0 Å². The van der Waals surface area contributed by atoms with Crippen molar-refractivity contribution in [3.05, 3.63) is 53.6 Å². The van der Waals surface area contributed by atoms with Crippen LogP contribution in [0.4, 0.5) is 0 Å². The third-order valence-electron chi connectivity index (χ3n) is 10.8. The molecule has 3 fully saturated rings. The summed E-state index contributed by atoms with van der Waals surface area (Å²) in [4.78, 5) is 30.5. The Balaban J connectivity index is 1.19. The zero-order valence-corrected chi connectivity index (χ0v) is 24.7. The third kappa shape index (κ3) is 5.55. The van der Waals surface area contributed by atoms with E-state index < -0.39 is 23.5 Å². The fourth-order valence-corrected chi connectivity index (χ4v) is 8.21. The lowest BCUT2D eigenvalue weighted by Gasteiger charge is -2.58. The molecule has 7 atom stereocenters. The smallest absolute Gasteiger partial charge is 0.328 e. The highest BCUT2D eigenvalue weighted by molar-refractivity contribution is 6.05. The molecule has 8 heteroatoms. The molecule has 41 heavy (non-hydrogen) atoms. The average molecular weight is 565 g/mol. The maximum atomic E-state index is 12.6. The Morgan fingerprint density at radius 3 is 2.56 bits per heavy atom. The van der Waals surface area contributed by atoms with E-state index in [0.717, 1.165) is 44.1 Å². The van der Waals surface area contributed by atoms with E-state index in [1.54, 1.807) is 19.1 Å². The summed E-state index contributed by atoms with van der Waals surface area (Å²) in [5.41, 5.74) is 2.21. The van der Waals surface area contributed by atoms with Gasteiger partial charge in [0.15, 0.2) is 6.61 Å². The van der Waals surface area contributed by atoms with Gasteiger partial charge in [0.05, 0.1) is 12.2 Å². The van der Waals surface area contributed by atoms with Crippen LogP contribution in [0.5, 0.6) is 5.75 Å². The minimum Gasteiger partial charge on any atom is -0.508 e. The lowest BCUT2D eigenvalue weighted by atomic mass is 9.47. The maximum Gasteiger partial charge on any atom is 0.328 e. The summed E-state index contributed by atoms with van der Waals surface area (Å²) in [5.74, 6) is 0.852. The van der Waals surface area contributed by atoms with Crippen molar-refractivity contribution in [2.24, 2.45) is 33.7 Å². The number of esters is 1. The van der Waals surface area contributed by atoms with Crippen LogP contribution in [0.25, 0.3) is 0 Å². The highest BCUT2D eigenvalue weighted by Gasteiger charge is 2.62. The monoisotopic (exact) mass is 564 g/mol. The number of amides is 1. The molecule has 0 spiro atoms. The molecule has 8 nitrogen and oxygen atoms in total. The van der Waals surface area contributed by atoms with Crippen molar-refractivity contribution in [1.82, 2.24) is 5.32 Å². The van der Waals surface area contributed by atoms with Crippen LogP contribution in [0.3, 0.4) is 0 Å². The van der Waals surface area contributed by atoms with Gasteiger partial charge in [0.2, 0.25) is 0 Å². The fourth-order valence-electron chi connectivity index (χ4n) is 8.21. The molecule has 0 aromatic heterocycles. The van der Waals surface area contributed by atoms with Gasteiger partial charge in [0.25, 0.3) is 5.91 Å². The number of carbonyl (C=O) groups excluding carboxylic acids is 2. The van der Waals surface area contributed by atoms with Crippen LogP contribution in [-0.4, -0.2) is 52.7 Å². The Morgan fingerprint density at radius 2 is 1.83 bits per heavy atom. The van der Waals surface area contributed by atoms with Crippen LogP contribution in [0.15, 0.2) is 53.2 Å². The van der Waals surface area contributed by atoms with Gasteiger partial charge in [-0.25, -0.2) is 4.79 Å². The predicted molar refractivity (Wildman–Crippen MR) is 156 cm³/mol. The van der Waals surface area contributed by atoms with Gasteiger partial charge in [-0.2, -0.15) is 0 Å². The number of phenolic OH excluding ortho intramolecular Hbond substituents is 1. The summed E-state index contributed by atoms with van der Waals surface area (Å²) < 4.78 is 5.14. The number of nitrogens with zero attached hydrogens (tertiary/aromatic N) is 1. The lowest BCUT2D eigenvalue weighted by molar-refractivity contribution is -0.147. The number of carbonyl (C=O) groups is 2. The van der Waals surface area contributed by atoms with Crippen LogP contribution in [0.1, 0.15) is 71.8 Å². The Morgan fingerprint density at radius 1 is 1.10 bits per heavy atom. The second-order valence-electron chi connectivity index (χ2n) is 13.0. The van der Waals surface area contributed by atoms with Crippen molar-refractivity contribution in [2.45, 2.75) is 84.3 Å². The van der Waals surface area contributed by atoms with Crippen LogP contribution in [0, 0.1) is 28.6 Å². The Labute approximate surface area is 242 Å². The molecule has 0 unspecified atom stereocenters. The second-order valence-corrected chi connectivity index (χ2v) is 13.0. The summed E-state index contributed by atoms with van der Waals surface area (Å²) >= 11 is 0. The summed E-state index contributed by atoms with van der Waals surface area (Å²) in [6.45, 7) is 8.29. The number of hydrogen-bond donors (Lipinski definition) is 3. The minimum atomic E-state index is -0.878. The van der Waals surface area contributed by atoms with Gasteiger partial charge < -0.3 is 25.1 Å². The molecule has 0 saturated heterocycles. The van der Waals surface area contributed by atoms with E-state index in [2.05, 4.69) is 36.5 Å². The Hall–Kier alpha value is -3.13. The molecule has 1 aromatic rings. The minimum absolute atomic E-state index is 0.00149. The first-order valence-electron chi connectivity index (χ1n) is 15.0. The SMILES string of the molecule is CCOC(=O)[C@H](Cc1ccc(O)cc1)NC(=O)CON=C1C=C[C@]2(C)C(=C1)CC[C@H]1[C@H]3CC[C@](C)(O)[C@]3(C)CC[C@@H]12. The molecule has 4 aliphatic carbocycles. The molecule has 1 amide bonds. The standard InChI is InChI=1S/C33H44N2O6/c1-5-40-30(38)28(18-21-6-9-24(36)10-7-21)34-29(37)20-41-35-23-12-15-31(2)22(19-23)8-11-25-26(31)13-16-32(3)27(25)14-17-33(32,4)39/h6-7,9-10,12,15,19,25-28,36,39H,5,8,11,13-14,16-18,20H2,1-4H3,(H,34,37)/t25-,26+,27-,28+,31-,32-,33+/m1/s1. The summed E-state index contributed by atoms with van der Waals surface area (Å²) in [7, 11) is 0. The van der Waals surface area contributed by atoms with Gasteiger partial charge in [-0.1, -0.05) is 42.8 Å². The van der Waals surface area contributed by atoms with E-state index in [-0.39, 0.29) is 36.2 Å². The molecule has 0 aliphatic heterocycles. The van der Waals surface area contributed by atoms with Crippen molar-refractivity contribution in [3.8, 4) is 5.75 Å². The van der Waals surface area contributed by atoms with Crippen LogP contribution < -0.4 is 5.32 Å². The molecule has 5 rings (SSSR count). The molecule has 0 heterocycles. The number of phenols is 1. The number of benzene rings is 1. The molecule has 3 saturated carbocycles. The van der Waals surface area contributed by atoms with Gasteiger partial charge in [-0.3, -0.25) is 4.79 Å². The van der Waals surface area contributed by atoms with Crippen LogP contribution >= 0.6 is 0 Å². The normalized spacial score (nSPS) is 35.5. The quantitative estimate of drug-likeness (QED) is 0.307.